The number of amides is 1. The van der Waals surface area contributed by atoms with Crippen LogP contribution in [0.3, 0.4) is 0 Å². The van der Waals surface area contributed by atoms with E-state index in [0.717, 1.165) is 51.9 Å². The molecule has 0 aromatic heterocycles. The molecular formula is C20H27F3N2O3. The van der Waals surface area contributed by atoms with Crippen LogP contribution in [0.2, 0.25) is 0 Å². The predicted octanol–water partition coefficient (Wildman–Crippen LogP) is 3.61. The summed E-state index contributed by atoms with van der Waals surface area (Å²) >= 11 is 0. The monoisotopic (exact) mass is 400 g/mol. The van der Waals surface area contributed by atoms with E-state index in [9.17, 15) is 18.0 Å². The lowest BCUT2D eigenvalue weighted by Crippen LogP contribution is -2.52. The standard InChI is InChI=1S/C18H26N2O.C2HF3O2/c1-3-19-11-9-18(10-12-19)8-7-17(21)20(18)14-16-6-4-5-15(2)13-16;3-2(4,5)1(6)7/h4-6,13H,3,7-12,14H2,1-2H3;(H,6,7). The molecule has 0 bridgehead atoms. The van der Waals surface area contributed by atoms with Gasteiger partial charge in [-0.05, 0) is 38.3 Å². The van der Waals surface area contributed by atoms with E-state index in [1.807, 2.05) is 0 Å². The Morgan fingerprint density at radius 2 is 1.82 bits per heavy atom. The van der Waals surface area contributed by atoms with Gasteiger partial charge in [-0.25, -0.2) is 4.79 Å². The number of piperidine rings is 1. The number of alkyl halides is 3. The molecule has 2 aliphatic rings. The third-order valence-electron chi connectivity index (χ3n) is 5.58. The fourth-order valence-corrected chi connectivity index (χ4v) is 3.93. The zero-order valence-corrected chi connectivity index (χ0v) is 16.3. The van der Waals surface area contributed by atoms with Gasteiger partial charge in [0.1, 0.15) is 0 Å². The lowest BCUT2D eigenvalue weighted by Gasteiger charge is -2.45. The molecule has 0 radical (unpaired) electrons. The Bertz CT molecular complexity index is 698. The largest absolute Gasteiger partial charge is 0.490 e. The zero-order chi connectivity index (χ0) is 20.9. The van der Waals surface area contributed by atoms with Gasteiger partial charge in [-0.1, -0.05) is 36.8 Å². The molecule has 3 rings (SSSR count). The highest BCUT2D eigenvalue weighted by Gasteiger charge is 2.46. The second kappa shape index (κ2) is 8.94. The van der Waals surface area contributed by atoms with Crippen LogP contribution in [0.4, 0.5) is 13.2 Å². The highest BCUT2D eigenvalue weighted by atomic mass is 19.4. The Hall–Kier alpha value is -2.09. The highest BCUT2D eigenvalue weighted by molar-refractivity contribution is 5.79. The van der Waals surface area contributed by atoms with Crippen molar-refractivity contribution >= 4 is 11.9 Å². The number of rotatable bonds is 3. The summed E-state index contributed by atoms with van der Waals surface area (Å²) in [6.07, 6.45) is -1.02. The predicted molar refractivity (Wildman–Crippen MR) is 98.7 cm³/mol. The number of carboxylic acid groups (broad SMARTS) is 1. The Morgan fingerprint density at radius 1 is 1.21 bits per heavy atom. The molecular weight excluding hydrogens is 373 g/mol. The number of nitrogens with zero attached hydrogens (tertiary/aromatic N) is 2. The van der Waals surface area contributed by atoms with Gasteiger partial charge in [-0.15, -0.1) is 0 Å². The molecule has 2 saturated heterocycles. The van der Waals surface area contributed by atoms with E-state index >= 15 is 0 Å². The van der Waals surface area contributed by atoms with Gasteiger partial charge in [0.15, 0.2) is 0 Å². The molecule has 0 aliphatic carbocycles. The number of likely N-dealkylation sites (tertiary alicyclic amines) is 2. The summed E-state index contributed by atoms with van der Waals surface area (Å²) in [7, 11) is 0. The summed E-state index contributed by atoms with van der Waals surface area (Å²) in [6.45, 7) is 8.52. The fraction of sp³-hybridized carbons (Fsp3) is 0.600. The minimum atomic E-state index is -5.08. The molecule has 2 heterocycles. The molecule has 1 aromatic rings. The molecule has 5 nitrogen and oxygen atoms in total. The number of aryl methyl sites for hydroxylation is 1. The van der Waals surface area contributed by atoms with Crippen molar-refractivity contribution in [1.82, 2.24) is 9.80 Å². The minimum absolute atomic E-state index is 0.131. The number of carboxylic acids is 1. The van der Waals surface area contributed by atoms with Crippen molar-refractivity contribution in [2.24, 2.45) is 0 Å². The second-order valence-corrected chi connectivity index (χ2v) is 7.43. The summed E-state index contributed by atoms with van der Waals surface area (Å²) in [6, 6.07) is 8.57. The Balaban J connectivity index is 0.000000345. The van der Waals surface area contributed by atoms with Crippen LogP contribution >= 0.6 is 0 Å². The second-order valence-electron chi connectivity index (χ2n) is 7.43. The molecule has 1 aromatic carbocycles. The van der Waals surface area contributed by atoms with E-state index in [-0.39, 0.29) is 5.54 Å². The highest BCUT2D eigenvalue weighted by Crippen LogP contribution is 2.40. The van der Waals surface area contributed by atoms with Gasteiger partial charge in [0.2, 0.25) is 5.91 Å². The average molecular weight is 400 g/mol. The molecule has 0 unspecified atom stereocenters. The molecule has 1 amide bonds. The first-order valence-corrected chi connectivity index (χ1v) is 9.46. The summed E-state index contributed by atoms with van der Waals surface area (Å²) in [5, 5.41) is 7.12. The first-order valence-electron chi connectivity index (χ1n) is 9.46. The number of hydrogen-bond donors (Lipinski definition) is 1. The summed E-state index contributed by atoms with van der Waals surface area (Å²) in [5.41, 5.74) is 2.67. The van der Waals surface area contributed by atoms with Crippen LogP contribution < -0.4 is 0 Å². The maximum Gasteiger partial charge on any atom is 0.490 e. The van der Waals surface area contributed by atoms with Crippen molar-refractivity contribution in [3.05, 3.63) is 35.4 Å². The van der Waals surface area contributed by atoms with Gasteiger partial charge in [0, 0.05) is 31.6 Å². The zero-order valence-electron chi connectivity index (χ0n) is 16.3. The molecule has 0 atom stereocenters. The third kappa shape index (κ3) is 5.47. The molecule has 156 valence electrons. The molecule has 1 N–H and O–H groups in total. The van der Waals surface area contributed by atoms with Crippen LogP contribution in [0, 0.1) is 6.92 Å². The van der Waals surface area contributed by atoms with Crippen molar-refractivity contribution in [2.75, 3.05) is 19.6 Å². The van der Waals surface area contributed by atoms with Crippen molar-refractivity contribution < 1.29 is 27.9 Å². The number of hydrogen-bond acceptors (Lipinski definition) is 3. The Morgan fingerprint density at radius 3 is 2.32 bits per heavy atom. The van der Waals surface area contributed by atoms with Gasteiger partial charge in [-0.3, -0.25) is 4.79 Å². The van der Waals surface area contributed by atoms with Crippen molar-refractivity contribution in [3.63, 3.8) is 0 Å². The normalized spacial score (nSPS) is 19.5. The molecule has 0 saturated carbocycles. The van der Waals surface area contributed by atoms with Crippen LogP contribution in [0.5, 0.6) is 0 Å². The molecule has 1 spiro atoms. The lowest BCUT2D eigenvalue weighted by atomic mass is 9.84. The SMILES string of the molecule is CCN1CCC2(CCC(=O)N2Cc2cccc(C)c2)CC1.O=C(O)C(F)(F)F. The van der Waals surface area contributed by atoms with Crippen molar-refractivity contribution in [3.8, 4) is 0 Å². The Kier molecular flexibility index (Phi) is 7.09. The quantitative estimate of drug-likeness (QED) is 0.842. The molecule has 2 fully saturated rings. The van der Waals surface area contributed by atoms with Crippen LogP contribution in [0.1, 0.15) is 43.7 Å². The Labute approximate surface area is 163 Å². The molecule has 28 heavy (non-hydrogen) atoms. The first kappa shape index (κ1) is 22.2. The van der Waals surface area contributed by atoms with E-state index in [2.05, 4.69) is 47.9 Å². The van der Waals surface area contributed by atoms with Crippen LogP contribution in [-0.2, 0) is 16.1 Å². The van der Waals surface area contributed by atoms with E-state index in [0.29, 0.717) is 5.91 Å². The minimum Gasteiger partial charge on any atom is -0.475 e. The number of halogens is 3. The van der Waals surface area contributed by atoms with E-state index in [1.165, 1.54) is 11.1 Å². The van der Waals surface area contributed by atoms with Crippen LogP contribution in [-0.4, -0.2) is 58.1 Å². The third-order valence-corrected chi connectivity index (χ3v) is 5.58. The first-order chi connectivity index (χ1) is 13.1. The maximum absolute atomic E-state index is 12.4. The van der Waals surface area contributed by atoms with Crippen molar-refractivity contribution in [1.29, 1.82) is 0 Å². The van der Waals surface area contributed by atoms with Gasteiger partial charge in [0.25, 0.3) is 0 Å². The van der Waals surface area contributed by atoms with Gasteiger partial charge >= 0.3 is 12.1 Å². The topological polar surface area (TPSA) is 60.9 Å². The summed E-state index contributed by atoms with van der Waals surface area (Å²) in [5.74, 6) is -2.41. The van der Waals surface area contributed by atoms with E-state index < -0.39 is 12.1 Å². The number of benzene rings is 1. The van der Waals surface area contributed by atoms with E-state index in [4.69, 9.17) is 9.90 Å². The summed E-state index contributed by atoms with van der Waals surface area (Å²) in [4.78, 5) is 26.0. The lowest BCUT2D eigenvalue weighted by molar-refractivity contribution is -0.192. The van der Waals surface area contributed by atoms with Crippen LogP contribution in [0.15, 0.2) is 24.3 Å². The van der Waals surface area contributed by atoms with Gasteiger partial charge in [0.05, 0.1) is 0 Å². The maximum atomic E-state index is 12.4. The van der Waals surface area contributed by atoms with Gasteiger partial charge < -0.3 is 14.9 Å². The number of aliphatic carboxylic acids is 1. The van der Waals surface area contributed by atoms with Crippen LogP contribution in [0.25, 0.3) is 0 Å². The van der Waals surface area contributed by atoms with Crippen molar-refractivity contribution in [2.45, 2.75) is 57.8 Å². The number of carbonyl (C=O) groups excluding carboxylic acids is 1. The molecule has 2 aliphatic heterocycles. The number of carbonyl (C=O) groups is 2. The molecule has 8 heteroatoms. The van der Waals surface area contributed by atoms with E-state index in [1.54, 1.807) is 0 Å². The average Bonchev–Trinajstić information content (AvgIpc) is 2.92. The van der Waals surface area contributed by atoms with Gasteiger partial charge in [-0.2, -0.15) is 13.2 Å². The fourth-order valence-electron chi connectivity index (χ4n) is 3.93. The smallest absolute Gasteiger partial charge is 0.475 e. The summed E-state index contributed by atoms with van der Waals surface area (Å²) < 4.78 is 31.7.